The van der Waals surface area contributed by atoms with Crippen LogP contribution < -0.4 is 10.6 Å². The summed E-state index contributed by atoms with van der Waals surface area (Å²) < 4.78 is 2.69. The van der Waals surface area contributed by atoms with Gasteiger partial charge in [-0.2, -0.15) is 0 Å². The van der Waals surface area contributed by atoms with Gasteiger partial charge in [0.25, 0.3) is 5.91 Å². The molecule has 1 aliphatic rings. The molecule has 126 valence electrons. The predicted octanol–water partition coefficient (Wildman–Crippen LogP) is 2.21. The summed E-state index contributed by atoms with van der Waals surface area (Å²) in [5, 5.41) is 12.6. The molecular formula is C18H10N4O2S2. The molecule has 0 saturated carbocycles. The summed E-state index contributed by atoms with van der Waals surface area (Å²) in [6.45, 7) is 0. The van der Waals surface area contributed by atoms with Crippen molar-refractivity contribution in [1.29, 1.82) is 0 Å². The van der Waals surface area contributed by atoms with Crippen molar-refractivity contribution in [2.24, 2.45) is 4.99 Å². The number of fused-ring (bicyclic) bond motifs is 2. The van der Waals surface area contributed by atoms with Gasteiger partial charge in [-0.25, -0.2) is 14.5 Å². The third-order valence-corrected chi connectivity index (χ3v) is 5.51. The van der Waals surface area contributed by atoms with Crippen LogP contribution in [0.25, 0.3) is 20.9 Å². The summed E-state index contributed by atoms with van der Waals surface area (Å²) >= 11 is 6.79. The van der Waals surface area contributed by atoms with Crippen LogP contribution >= 0.6 is 23.6 Å². The highest BCUT2D eigenvalue weighted by molar-refractivity contribution is 7.71. The fourth-order valence-corrected chi connectivity index (χ4v) is 4.35. The van der Waals surface area contributed by atoms with Crippen LogP contribution in [-0.4, -0.2) is 25.5 Å². The number of H-pyrrole nitrogens is 1. The number of rotatable bonds is 2. The van der Waals surface area contributed by atoms with Gasteiger partial charge in [-0.15, -0.1) is 0 Å². The van der Waals surface area contributed by atoms with Crippen molar-refractivity contribution in [3.05, 3.63) is 69.6 Å². The van der Waals surface area contributed by atoms with E-state index in [1.807, 2.05) is 36.4 Å². The molecule has 1 amide bonds. The third-order valence-electron chi connectivity index (χ3n) is 4.20. The van der Waals surface area contributed by atoms with E-state index in [2.05, 4.69) is 15.0 Å². The average Bonchev–Trinajstić information content (AvgIpc) is 3.27. The zero-order valence-electron chi connectivity index (χ0n) is 13.1. The van der Waals surface area contributed by atoms with Gasteiger partial charge in [0.2, 0.25) is 5.88 Å². The molecule has 3 heterocycles. The monoisotopic (exact) mass is 378 g/mol. The molecule has 2 aromatic heterocycles. The van der Waals surface area contributed by atoms with Crippen molar-refractivity contribution in [1.82, 2.24) is 14.5 Å². The lowest BCUT2D eigenvalue weighted by atomic mass is 10.1. The molecule has 1 aliphatic heterocycles. The number of aromatic amines is 1. The quantitative estimate of drug-likeness (QED) is 0.524. The van der Waals surface area contributed by atoms with E-state index in [0.29, 0.717) is 21.3 Å². The van der Waals surface area contributed by atoms with Gasteiger partial charge in [-0.3, -0.25) is 4.79 Å². The number of hydrogen-bond acceptors (Lipinski definition) is 5. The number of carbonyl (C=O) groups excluding carboxylic acids is 1. The maximum Gasteiger partial charge on any atom is 0.280 e. The van der Waals surface area contributed by atoms with Crippen LogP contribution in [0.4, 0.5) is 0 Å². The highest BCUT2D eigenvalue weighted by Gasteiger charge is 2.26. The lowest BCUT2D eigenvalue weighted by molar-refractivity contribution is -0.112. The van der Waals surface area contributed by atoms with Gasteiger partial charge in [-0.05, 0) is 30.4 Å². The number of aromatic hydroxyl groups is 1. The second-order valence-corrected chi connectivity index (χ2v) is 7.13. The van der Waals surface area contributed by atoms with Gasteiger partial charge in [0.05, 0.1) is 21.1 Å². The van der Waals surface area contributed by atoms with Crippen molar-refractivity contribution >= 4 is 45.3 Å². The Bertz CT molecular complexity index is 1360. The minimum absolute atomic E-state index is 0.149. The van der Waals surface area contributed by atoms with Crippen molar-refractivity contribution in [3.63, 3.8) is 0 Å². The Morgan fingerprint density at radius 2 is 1.88 bits per heavy atom. The van der Waals surface area contributed by atoms with E-state index in [-0.39, 0.29) is 16.3 Å². The Morgan fingerprint density at radius 1 is 1.12 bits per heavy atom. The third kappa shape index (κ3) is 2.09. The van der Waals surface area contributed by atoms with Crippen LogP contribution in [0.1, 0.15) is 5.69 Å². The zero-order valence-corrected chi connectivity index (χ0v) is 14.8. The van der Waals surface area contributed by atoms with Crippen LogP contribution in [0.5, 0.6) is 5.88 Å². The summed E-state index contributed by atoms with van der Waals surface area (Å²) in [7, 11) is 0. The fourth-order valence-electron chi connectivity index (χ4n) is 3.04. The van der Waals surface area contributed by atoms with Crippen LogP contribution in [0.2, 0.25) is 0 Å². The van der Waals surface area contributed by atoms with E-state index in [0.717, 1.165) is 10.2 Å². The number of amides is 1. The van der Waals surface area contributed by atoms with Crippen LogP contribution in [0.3, 0.4) is 0 Å². The first kappa shape index (κ1) is 15.2. The molecule has 26 heavy (non-hydrogen) atoms. The molecule has 6 nitrogen and oxygen atoms in total. The highest BCUT2D eigenvalue weighted by Crippen LogP contribution is 2.32. The van der Waals surface area contributed by atoms with Crippen molar-refractivity contribution in [2.75, 3.05) is 0 Å². The molecule has 5 rings (SSSR count). The molecular weight excluding hydrogens is 368 g/mol. The molecule has 0 unspecified atom stereocenters. The molecule has 2 N–H and O–H groups in total. The molecule has 0 fully saturated rings. The fraction of sp³-hybridized carbons (Fsp3) is 0. The van der Waals surface area contributed by atoms with Gasteiger partial charge in [0, 0.05) is 5.22 Å². The second-order valence-electron chi connectivity index (χ2n) is 5.74. The molecule has 0 atom stereocenters. The lowest BCUT2D eigenvalue weighted by Gasteiger charge is -2.00. The number of benzene rings is 2. The smallest absolute Gasteiger partial charge is 0.280 e. The van der Waals surface area contributed by atoms with Crippen LogP contribution in [0.15, 0.2) is 53.5 Å². The van der Waals surface area contributed by atoms with Crippen LogP contribution in [-0.2, 0) is 4.79 Å². The largest absolute Gasteiger partial charge is 0.493 e. The molecule has 0 saturated heterocycles. The zero-order chi connectivity index (χ0) is 17.8. The van der Waals surface area contributed by atoms with Crippen molar-refractivity contribution in [3.8, 4) is 11.0 Å². The summed E-state index contributed by atoms with van der Waals surface area (Å²) in [5.74, 6) is -0.557. The molecule has 0 aliphatic carbocycles. The Labute approximate surface area is 155 Å². The van der Waals surface area contributed by atoms with Gasteiger partial charge in [0.15, 0.2) is 9.90 Å². The Kier molecular flexibility index (Phi) is 3.18. The number of aromatic nitrogens is 3. The Morgan fingerprint density at radius 3 is 2.73 bits per heavy atom. The van der Waals surface area contributed by atoms with Crippen molar-refractivity contribution in [2.45, 2.75) is 0 Å². The average molecular weight is 378 g/mol. The number of hydrogen-bond donors (Lipinski definition) is 2. The van der Waals surface area contributed by atoms with Gasteiger partial charge < -0.3 is 10.1 Å². The standard InChI is InChI=1S/C18H10N4O2S2/c23-15-13(9-5-1-2-6-10(9)19-15)14-16(24)22(17(25)21-14)18-20-11-7-3-4-8-12(11)26-18/h1-8,24H,(H,21,25). The summed E-state index contributed by atoms with van der Waals surface area (Å²) in [4.78, 5) is 23.9. The van der Waals surface area contributed by atoms with Gasteiger partial charge in [-0.1, -0.05) is 41.7 Å². The highest BCUT2D eigenvalue weighted by atomic mass is 32.1. The molecule has 2 aromatic carbocycles. The first-order chi connectivity index (χ1) is 12.6. The van der Waals surface area contributed by atoms with Crippen molar-refractivity contribution < 1.29 is 9.90 Å². The second kappa shape index (κ2) is 5.45. The first-order valence-corrected chi connectivity index (χ1v) is 8.98. The molecule has 0 spiro atoms. The lowest BCUT2D eigenvalue weighted by Crippen LogP contribution is -2.22. The molecule has 0 bridgehead atoms. The van der Waals surface area contributed by atoms with E-state index in [1.54, 1.807) is 12.1 Å². The number of imidazole rings is 1. The number of thiazole rings is 1. The maximum absolute atomic E-state index is 12.4. The Hall–Kier alpha value is -3.10. The number of para-hydroxylation sites is 2. The van der Waals surface area contributed by atoms with E-state index in [4.69, 9.17) is 12.2 Å². The summed E-state index contributed by atoms with van der Waals surface area (Å²) in [6, 6.07) is 14.9. The number of nitrogens with one attached hydrogen (secondary N) is 1. The minimum atomic E-state index is -0.408. The normalized spacial score (nSPS) is 13.2. The van der Waals surface area contributed by atoms with Crippen LogP contribution in [0, 0.1) is 4.77 Å². The summed E-state index contributed by atoms with van der Waals surface area (Å²) in [6.07, 6.45) is 0. The van der Waals surface area contributed by atoms with E-state index < -0.39 is 5.91 Å². The first-order valence-electron chi connectivity index (χ1n) is 7.76. The minimum Gasteiger partial charge on any atom is -0.493 e. The number of carbonyl (C=O) groups is 1. The molecule has 4 aromatic rings. The predicted molar refractivity (Wildman–Crippen MR) is 101 cm³/mol. The Balaban J connectivity index is 1.78. The van der Waals surface area contributed by atoms with E-state index in [1.165, 1.54) is 15.9 Å². The molecule has 0 radical (unpaired) electrons. The van der Waals surface area contributed by atoms with Gasteiger partial charge >= 0.3 is 0 Å². The summed E-state index contributed by atoms with van der Waals surface area (Å²) in [5.41, 5.74) is 1.39. The van der Waals surface area contributed by atoms with E-state index in [9.17, 15) is 9.90 Å². The topological polar surface area (TPSA) is 83.3 Å². The SMILES string of the molecule is O=C1N=c2ccccc2=C1c1[nH]c(=S)n(-c2nc3ccccc3s2)c1O. The number of nitrogens with zero attached hydrogens (tertiary/aromatic N) is 3. The molecule has 8 heteroatoms. The van der Waals surface area contributed by atoms with E-state index >= 15 is 0 Å². The maximum atomic E-state index is 12.4. The van der Waals surface area contributed by atoms with Gasteiger partial charge in [0.1, 0.15) is 5.69 Å².